The zero-order chi connectivity index (χ0) is 22.8. The van der Waals surface area contributed by atoms with Gasteiger partial charge in [-0.05, 0) is 69.6 Å². The van der Waals surface area contributed by atoms with E-state index in [4.69, 9.17) is 10.5 Å². The summed E-state index contributed by atoms with van der Waals surface area (Å²) in [5.41, 5.74) is 9.07. The highest BCUT2D eigenvalue weighted by atomic mass is 16.5. The Kier molecular flexibility index (Phi) is 5.79. The van der Waals surface area contributed by atoms with Crippen molar-refractivity contribution < 1.29 is 9.84 Å². The second-order valence-corrected chi connectivity index (χ2v) is 9.12. The van der Waals surface area contributed by atoms with Gasteiger partial charge in [-0.3, -0.25) is 4.68 Å². The maximum absolute atomic E-state index is 9.92. The van der Waals surface area contributed by atoms with Crippen molar-refractivity contribution >= 4 is 5.82 Å². The van der Waals surface area contributed by atoms with Crippen LogP contribution in [0.3, 0.4) is 0 Å². The summed E-state index contributed by atoms with van der Waals surface area (Å²) in [5.74, 6) is 6.89. The number of anilines is 1. The number of aromatic nitrogens is 3. The van der Waals surface area contributed by atoms with Crippen LogP contribution in [0.4, 0.5) is 5.82 Å². The third-order valence-electron chi connectivity index (χ3n) is 6.36. The standard InChI is InChI=1S/C26H29N5O2/c1-30-11-6-23(7-12-30)31-17-22(16-29-31)21-14-24(25(27)28-15-21)33-18-20-4-2-3-19(13-20)5-8-26(32)9-10-26/h2-4,13-17,23,32H,6-7,9-12,18H2,1H3,(H2,27,28). The van der Waals surface area contributed by atoms with E-state index in [0.717, 1.165) is 61.0 Å². The molecule has 170 valence electrons. The van der Waals surface area contributed by atoms with Crippen LogP contribution in [0.25, 0.3) is 11.1 Å². The highest BCUT2D eigenvalue weighted by Crippen LogP contribution is 2.34. The van der Waals surface area contributed by atoms with Gasteiger partial charge in [0.2, 0.25) is 0 Å². The minimum atomic E-state index is -0.784. The highest BCUT2D eigenvalue weighted by Gasteiger charge is 2.38. The minimum Gasteiger partial charge on any atom is -0.485 e. The van der Waals surface area contributed by atoms with Gasteiger partial charge < -0.3 is 20.5 Å². The summed E-state index contributed by atoms with van der Waals surface area (Å²) < 4.78 is 8.09. The van der Waals surface area contributed by atoms with E-state index in [2.05, 4.69) is 44.7 Å². The topological polar surface area (TPSA) is 89.4 Å². The molecule has 1 saturated heterocycles. The predicted molar refractivity (Wildman–Crippen MR) is 127 cm³/mol. The number of nitrogens with zero attached hydrogens (tertiary/aromatic N) is 4. The summed E-state index contributed by atoms with van der Waals surface area (Å²) >= 11 is 0. The van der Waals surface area contributed by atoms with Crippen molar-refractivity contribution in [3.8, 4) is 28.7 Å². The Morgan fingerprint density at radius 2 is 2.00 bits per heavy atom. The van der Waals surface area contributed by atoms with Gasteiger partial charge in [0.25, 0.3) is 0 Å². The number of ether oxygens (including phenoxy) is 1. The monoisotopic (exact) mass is 443 g/mol. The van der Waals surface area contributed by atoms with Gasteiger partial charge in [-0.2, -0.15) is 5.10 Å². The van der Waals surface area contributed by atoms with Gasteiger partial charge in [0.15, 0.2) is 11.6 Å². The van der Waals surface area contributed by atoms with Crippen LogP contribution >= 0.6 is 0 Å². The van der Waals surface area contributed by atoms with Crippen molar-refractivity contribution in [2.75, 3.05) is 25.9 Å². The molecule has 0 spiro atoms. The zero-order valence-electron chi connectivity index (χ0n) is 18.9. The Morgan fingerprint density at radius 3 is 2.79 bits per heavy atom. The van der Waals surface area contributed by atoms with E-state index in [1.807, 2.05) is 36.5 Å². The first-order valence-electron chi connectivity index (χ1n) is 11.4. The van der Waals surface area contributed by atoms with E-state index in [9.17, 15) is 5.11 Å². The van der Waals surface area contributed by atoms with Crippen LogP contribution in [0.5, 0.6) is 5.75 Å². The molecule has 0 radical (unpaired) electrons. The van der Waals surface area contributed by atoms with E-state index >= 15 is 0 Å². The van der Waals surface area contributed by atoms with Gasteiger partial charge in [-0.25, -0.2) is 4.98 Å². The third-order valence-corrected chi connectivity index (χ3v) is 6.36. The summed E-state index contributed by atoms with van der Waals surface area (Å²) in [7, 11) is 2.16. The maximum Gasteiger partial charge on any atom is 0.166 e. The van der Waals surface area contributed by atoms with Crippen LogP contribution < -0.4 is 10.5 Å². The second-order valence-electron chi connectivity index (χ2n) is 9.12. The average Bonchev–Trinajstić information content (AvgIpc) is 3.36. The number of aliphatic hydroxyl groups is 1. The molecule has 1 aliphatic carbocycles. The van der Waals surface area contributed by atoms with E-state index in [-0.39, 0.29) is 0 Å². The first-order valence-corrected chi connectivity index (χ1v) is 11.4. The fourth-order valence-electron chi connectivity index (χ4n) is 4.01. The molecular formula is C26H29N5O2. The van der Waals surface area contributed by atoms with Crippen LogP contribution in [0.15, 0.2) is 48.9 Å². The van der Waals surface area contributed by atoms with Crippen molar-refractivity contribution in [1.82, 2.24) is 19.7 Å². The molecule has 0 atom stereocenters. The molecule has 7 nitrogen and oxygen atoms in total. The fraction of sp³-hybridized carbons (Fsp3) is 0.385. The normalized spacial score (nSPS) is 17.9. The summed E-state index contributed by atoms with van der Waals surface area (Å²) in [6.07, 6.45) is 9.44. The Balaban J connectivity index is 1.27. The average molecular weight is 444 g/mol. The van der Waals surface area contributed by atoms with E-state index in [1.165, 1.54) is 0 Å². The number of nitrogen functional groups attached to an aromatic ring is 1. The van der Waals surface area contributed by atoms with Gasteiger partial charge in [-0.15, -0.1) is 0 Å². The zero-order valence-corrected chi connectivity index (χ0v) is 18.9. The molecule has 2 fully saturated rings. The Bertz CT molecular complexity index is 1200. The van der Waals surface area contributed by atoms with E-state index in [1.54, 1.807) is 6.20 Å². The lowest BCUT2D eigenvalue weighted by atomic mass is 10.1. The van der Waals surface area contributed by atoms with Crippen LogP contribution in [0, 0.1) is 11.8 Å². The summed E-state index contributed by atoms with van der Waals surface area (Å²) in [6, 6.07) is 10.2. The van der Waals surface area contributed by atoms with Crippen LogP contribution in [0.1, 0.15) is 42.9 Å². The fourth-order valence-corrected chi connectivity index (χ4v) is 4.01. The quantitative estimate of drug-likeness (QED) is 0.589. The van der Waals surface area contributed by atoms with Crippen LogP contribution in [-0.4, -0.2) is 50.5 Å². The van der Waals surface area contributed by atoms with Crippen molar-refractivity contribution in [1.29, 1.82) is 0 Å². The van der Waals surface area contributed by atoms with Gasteiger partial charge in [0.1, 0.15) is 12.2 Å². The molecule has 0 unspecified atom stereocenters. The van der Waals surface area contributed by atoms with Gasteiger partial charge in [-0.1, -0.05) is 24.0 Å². The molecule has 1 aromatic carbocycles. The predicted octanol–water partition coefficient (Wildman–Crippen LogP) is 3.25. The molecule has 3 aromatic rings. The number of piperidine rings is 1. The van der Waals surface area contributed by atoms with Gasteiger partial charge in [0.05, 0.1) is 12.2 Å². The Hall–Kier alpha value is -3.34. The lowest BCUT2D eigenvalue weighted by Gasteiger charge is -2.28. The lowest BCUT2D eigenvalue weighted by molar-refractivity contribution is 0.212. The largest absolute Gasteiger partial charge is 0.485 e. The van der Waals surface area contributed by atoms with Gasteiger partial charge in [0, 0.05) is 29.1 Å². The number of hydrogen-bond donors (Lipinski definition) is 2. The number of benzene rings is 1. The number of likely N-dealkylation sites (tertiary alicyclic amines) is 1. The number of hydrogen-bond acceptors (Lipinski definition) is 6. The maximum atomic E-state index is 9.92. The molecule has 7 heteroatoms. The first-order chi connectivity index (χ1) is 16.0. The summed E-state index contributed by atoms with van der Waals surface area (Å²) in [5, 5.41) is 14.5. The van der Waals surface area contributed by atoms with Crippen molar-refractivity contribution in [3.63, 3.8) is 0 Å². The molecular weight excluding hydrogens is 414 g/mol. The molecule has 5 rings (SSSR count). The highest BCUT2D eigenvalue weighted by molar-refractivity contribution is 5.65. The first kappa shape index (κ1) is 21.5. The Labute approximate surface area is 194 Å². The van der Waals surface area contributed by atoms with Crippen molar-refractivity contribution in [2.45, 2.75) is 43.9 Å². The van der Waals surface area contributed by atoms with E-state index in [0.29, 0.717) is 24.2 Å². The number of pyridine rings is 1. The summed E-state index contributed by atoms with van der Waals surface area (Å²) in [6.45, 7) is 2.54. The van der Waals surface area contributed by atoms with Crippen molar-refractivity contribution in [3.05, 3.63) is 60.0 Å². The molecule has 2 aromatic heterocycles. The lowest BCUT2D eigenvalue weighted by Crippen LogP contribution is -2.31. The van der Waals surface area contributed by atoms with Crippen molar-refractivity contribution in [2.24, 2.45) is 0 Å². The minimum absolute atomic E-state index is 0.351. The molecule has 1 saturated carbocycles. The molecule has 0 bridgehead atoms. The van der Waals surface area contributed by atoms with E-state index < -0.39 is 5.60 Å². The summed E-state index contributed by atoms with van der Waals surface area (Å²) in [4.78, 5) is 6.69. The second kappa shape index (κ2) is 8.89. The molecule has 3 heterocycles. The van der Waals surface area contributed by atoms with Gasteiger partial charge >= 0.3 is 0 Å². The molecule has 0 amide bonds. The van der Waals surface area contributed by atoms with Crippen LogP contribution in [0.2, 0.25) is 0 Å². The number of nitrogens with two attached hydrogens (primary N) is 1. The van der Waals surface area contributed by atoms with Crippen LogP contribution in [-0.2, 0) is 6.61 Å². The SMILES string of the molecule is CN1CCC(n2cc(-c3cnc(N)c(OCc4cccc(C#CC5(O)CC5)c4)c3)cn2)CC1. The Morgan fingerprint density at radius 1 is 1.18 bits per heavy atom. The molecule has 3 N–H and O–H groups in total. The molecule has 1 aliphatic heterocycles. The molecule has 33 heavy (non-hydrogen) atoms. The molecule has 2 aliphatic rings. The third kappa shape index (κ3) is 5.19. The smallest absolute Gasteiger partial charge is 0.166 e. The number of rotatable bonds is 5.